The summed E-state index contributed by atoms with van der Waals surface area (Å²) in [6.07, 6.45) is 0.805. The molecule has 0 bridgehead atoms. The van der Waals surface area contributed by atoms with Gasteiger partial charge >= 0.3 is 0 Å². The molecule has 0 N–H and O–H groups in total. The lowest BCUT2D eigenvalue weighted by atomic mass is 10.4. The largest absolute Gasteiger partial charge is 0.410 e. The molecule has 0 saturated heterocycles. The maximum absolute atomic E-state index is 6.03. The number of rotatable bonds is 9. The maximum Gasteiger partial charge on any atom is 0.208 e. The first-order valence-electron chi connectivity index (χ1n) is 6.14. The van der Waals surface area contributed by atoms with Crippen LogP contribution < -0.4 is 5.19 Å². The standard InChI is InChI=1S/C13H22O3SSi/c1-14-13(15-2)11-16-18(10-6-9-17)12-7-4-3-5-8-12/h3-5,7-8,13,17-18H,6,9-11H2,1-2H3. The summed E-state index contributed by atoms with van der Waals surface area (Å²) in [5, 5.41) is 1.32. The molecular formula is C13H22O3SSi. The van der Waals surface area contributed by atoms with Crippen LogP contribution in [0.1, 0.15) is 6.42 Å². The van der Waals surface area contributed by atoms with E-state index in [1.54, 1.807) is 14.2 Å². The summed E-state index contributed by atoms with van der Waals surface area (Å²) in [4.78, 5) is 0. The van der Waals surface area contributed by atoms with Crippen LogP contribution in [0.25, 0.3) is 0 Å². The third kappa shape index (κ3) is 5.54. The quantitative estimate of drug-likeness (QED) is 0.424. The Morgan fingerprint density at radius 1 is 1.17 bits per heavy atom. The monoisotopic (exact) mass is 286 g/mol. The predicted octanol–water partition coefficient (Wildman–Crippen LogP) is 1.57. The summed E-state index contributed by atoms with van der Waals surface area (Å²) in [5.74, 6) is 0.900. The molecule has 5 heteroatoms. The van der Waals surface area contributed by atoms with Crippen molar-refractivity contribution in [2.75, 3.05) is 26.6 Å². The summed E-state index contributed by atoms with van der Waals surface area (Å²) >= 11 is 4.27. The molecule has 0 aliphatic carbocycles. The molecule has 0 spiro atoms. The van der Waals surface area contributed by atoms with E-state index in [1.807, 2.05) is 6.07 Å². The Labute approximate surface area is 117 Å². The molecule has 1 rings (SSSR count). The van der Waals surface area contributed by atoms with Crippen molar-refractivity contribution in [1.29, 1.82) is 0 Å². The van der Waals surface area contributed by atoms with Crippen LogP contribution in [0.15, 0.2) is 30.3 Å². The minimum absolute atomic E-state index is 0.278. The maximum atomic E-state index is 6.03. The number of hydrogen-bond donors (Lipinski definition) is 1. The molecule has 0 amide bonds. The fraction of sp³-hybridized carbons (Fsp3) is 0.538. The number of ether oxygens (including phenoxy) is 2. The summed E-state index contributed by atoms with van der Waals surface area (Å²) in [7, 11) is 1.86. The second kappa shape index (κ2) is 9.58. The number of hydrogen-bond acceptors (Lipinski definition) is 4. The van der Waals surface area contributed by atoms with Gasteiger partial charge in [0, 0.05) is 14.2 Å². The SMILES string of the molecule is COC(CO[SiH](CCCS)c1ccccc1)OC. The highest BCUT2D eigenvalue weighted by atomic mass is 32.1. The normalized spacial score (nSPS) is 12.9. The van der Waals surface area contributed by atoms with Crippen LogP contribution in [0.5, 0.6) is 0 Å². The molecule has 0 saturated carbocycles. The molecule has 0 aliphatic heterocycles. The average molecular weight is 286 g/mol. The van der Waals surface area contributed by atoms with Crippen molar-refractivity contribution >= 4 is 26.9 Å². The van der Waals surface area contributed by atoms with E-state index < -0.39 is 9.04 Å². The molecule has 0 heterocycles. The van der Waals surface area contributed by atoms with Gasteiger partial charge in [0.1, 0.15) is 0 Å². The summed E-state index contributed by atoms with van der Waals surface area (Å²) in [5.41, 5.74) is 0. The molecule has 1 aromatic carbocycles. The van der Waals surface area contributed by atoms with Gasteiger partial charge in [-0.25, -0.2) is 0 Å². The number of methoxy groups -OCH3 is 2. The number of thiol groups is 1. The molecule has 0 aliphatic rings. The molecule has 1 atom stereocenters. The molecule has 102 valence electrons. The van der Waals surface area contributed by atoms with E-state index >= 15 is 0 Å². The lowest BCUT2D eigenvalue weighted by Crippen LogP contribution is -2.36. The van der Waals surface area contributed by atoms with E-state index in [0.717, 1.165) is 18.2 Å². The van der Waals surface area contributed by atoms with Crippen molar-refractivity contribution in [3.05, 3.63) is 30.3 Å². The topological polar surface area (TPSA) is 27.7 Å². The van der Waals surface area contributed by atoms with Gasteiger partial charge in [0.15, 0.2) is 6.29 Å². The van der Waals surface area contributed by atoms with Gasteiger partial charge in [-0.15, -0.1) is 0 Å². The molecule has 18 heavy (non-hydrogen) atoms. The highest BCUT2D eigenvalue weighted by Gasteiger charge is 2.16. The van der Waals surface area contributed by atoms with Crippen LogP contribution in [-0.2, 0) is 13.9 Å². The Morgan fingerprint density at radius 2 is 1.83 bits per heavy atom. The van der Waals surface area contributed by atoms with Crippen LogP contribution in [0.2, 0.25) is 6.04 Å². The van der Waals surface area contributed by atoms with Gasteiger partial charge in [-0.05, 0) is 23.4 Å². The second-order valence-electron chi connectivity index (χ2n) is 4.00. The first kappa shape index (κ1) is 15.7. The van der Waals surface area contributed by atoms with Crippen LogP contribution in [0, 0.1) is 0 Å². The van der Waals surface area contributed by atoms with Crippen molar-refractivity contribution in [2.45, 2.75) is 18.8 Å². The van der Waals surface area contributed by atoms with Crippen molar-refractivity contribution in [3.8, 4) is 0 Å². The number of benzene rings is 1. The van der Waals surface area contributed by atoms with E-state index in [1.165, 1.54) is 5.19 Å². The van der Waals surface area contributed by atoms with E-state index in [4.69, 9.17) is 13.9 Å². The van der Waals surface area contributed by atoms with Gasteiger partial charge in [-0.3, -0.25) is 0 Å². The summed E-state index contributed by atoms with van der Waals surface area (Å²) < 4.78 is 16.3. The molecule has 1 aromatic rings. The van der Waals surface area contributed by atoms with E-state index in [2.05, 4.69) is 36.9 Å². The summed E-state index contributed by atoms with van der Waals surface area (Å²) in [6, 6.07) is 11.5. The molecule has 1 unspecified atom stereocenters. The van der Waals surface area contributed by atoms with Gasteiger partial charge < -0.3 is 13.9 Å². The Kier molecular flexibility index (Phi) is 8.37. The van der Waals surface area contributed by atoms with Crippen molar-refractivity contribution in [3.63, 3.8) is 0 Å². The van der Waals surface area contributed by atoms with Crippen LogP contribution >= 0.6 is 12.6 Å². The van der Waals surface area contributed by atoms with Gasteiger partial charge in [0.05, 0.1) is 6.61 Å². The highest BCUT2D eigenvalue weighted by Crippen LogP contribution is 2.04. The molecule has 0 aromatic heterocycles. The zero-order valence-electron chi connectivity index (χ0n) is 11.0. The Bertz CT molecular complexity index is 306. The van der Waals surface area contributed by atoms with E-state index in [9.17, 15) is 0 Å². The van der Waals surface area contributed by atoms with Gasteiger partial charge in [-0.2, -0.15) is 12.6 Å². The zero-order chi connectivity index (χ0) is 13.2. The van der Waals surface area contributed by atoms with Crippen LogP contribution in [-0.4, -0.2) is 41.9 Å². The van der Waals surface area contributed by atoms with Crippen LogP contribution in [0.4, 0.5) is 0 Å². The first-order chi connectivity index (χ1) is 8.81. The fourth-order valence-corrected chi connectivity index (χ4v) is 4.55. The molecule has 0 fully saturated rings. The minimum Gasteiger partial charge on any atom is -0.410 e. The first-order valence-corrected chi connectivity index (χ1v) is 8.64. The van der Waals surface area contributed by atoms with Gasteiger partial charge in [0.25, 0.3) is 0 Å². The smallest absolute Gasteiger partial charge is 0.208 e. The third-order valence-electron chi connectivity index (χ3n) is 2.76. The van der Waals surface area contributed by atoms with Gasteiger partial charge in [-0.1, -0.05) is 30.3 Å². The van der Waals surface area contributed by atoms with Crippen molar-refractivity contribution in [1.82, 2.24) is 0 Å². The fourth-order valence-electron chi connectivity index (χ4n) is 1.72. The minimum atomic E-state index is -1.40. The lowest BCUT2D eigenvalue weighted by molar-refractivity contribution is -0.122. The third-order valence-corrected chi connectivity index (χ3v) is 5.73. The lowest BCUT2D eigenvalue weighted by Gasteiger charge is -2.20. The van der Waals surface area contributed by atoms with E-state index in [0.29, 0.717) is 6.61 Å². The molecule has 0 radical (unpaired) electrons. The van der Waals surface area contributed by atoms with Crippen molar-refractivity contribution < 1.29 is 13.9 Å². The van der Waals surface area contributed by atoms with Crippen molar-refractivity contribution in [2.24, 2.45) is 0 Å². The average Bonchev–Trinajstić information content (AvgIpc) is 2.44. The molecular weight excluding hydrogens is 264 g/mol. The van der Waals surface area contributed by atoms with Crippen LogP contribution in [0.3, 0.4) is 0 Å². The second-order valence-corrected chi connectivity index (χ2v) is 7.00. The Morgan fingerprint density at radius 3 is 2.39 bits per heavy atom. The highest BCUT2D eigenvalue weighted by molar-refractivity contribution is 7.80. The zero-order valence-corrected chi connectivity index (χ0v) is 13.1. The van der Waals surface area contributed by atoms with E-state index in [-0.39, 0.29) is 6.29 Å². The van der Waals surface area contributed by atoms with Gasteiger partial charge in [0.2, 0.25) is 9.04 Å². The molecule has 3 nitrogen and oxygen atoms in total. The Balaban J connectivity index is 2.56. The predicted molar refractivity (Wildman–Crippen MR) is 80.3 cm³/mol. The Hall–Kier alpha value is -0.333. The summed E-state index contributed by atoms with van der Waals surface area (Å²) in [6.45, 7) is 0.491.